The molecular weight excluding hydrogens is 458 g/mol. The second-order valence-electron chi connectivity index (χ2n) is 8.13. The van der Waals surface area contributed by atoms with Crippen LogP contribution in [0.2, 0.25) is 0 Å². The summed E-state index contributed by atoms with van der Waals surface area (Å²) in [6, 6.07) is 8.40. The maximum atomic E-state index is 13.7. The third-order valence-electron chi connectivity index (χ3n) is 5.79. The van der Waals surface area contributed by atoms with E-state index in [-0.39, 0.29) is 40.5 Å². The molecule has 1 aromatic carbocycles. The number of amides is 3. The van der Waals surface area contributed by atoms with Crippen molar-refractivity contribution in [2.45, 2.75) is 44.3 Å². The van der Waals surface area contributed by atoms with Crippen molar-refractivity contribution < 1.29 is 23.9 Å². The summed E-state index contributed by atoms with van der Waals surface area (Å²) in [7, 11) is 0. The van der Waals surface area contributed by atoms with Crippen molar-refractivity contribution in [2.75, 3.05) is 5.73 Å². The quantitative estimate of drug-likeness (QED) is 0.382. The number of aromatic nitrogens is 1. The predicted octanol–water partition coefficient (Wildman–Crippen LogP) is 2.57. The van der Waals surface area contributed by atoms with E-state index in [1.165, 1.54) is 23.3 Å². The number of hydrogen-bond donors (Lipinski definition) is 4. The highest BCUT2D eigenvalue weighted by Gasteiger charge is 2.36. The second-order valence-corrected chi connectivity index (χ2v) is 8.91. The monoisotopic (exact) mass is 483 g/mol. The Kier molecular flexibility index (Phi) is 6.82. The molecule has 0 bridgehead atoms. The number of furan rings is 1. The largest absolute Gasteiger partial charge is 0.508 e. The molecule has 1 aliphatic carbocycles. The van der Waals surface area contributed by atoms with Gasteiger partial charge in [0.05, 0.1) is 18.5 Å². The van der Waals surface area contributed by atoms with E-state index in [2.05, 4.69) is 9.69 Å². The molecule has 6 N–H and O–H groups in total. The van der Waals surface area contributed by atoms with Gasteiger partial charge in [0, 0.05) is 6.04 Å². The number of nitrogens with zero attached hydrogens (tertiary/aromatic N) is 2. The maximum absolute atomic E-state index is 13.7. The Bertz CT molecular complexity index is 1170. The molecule has 4 rings (SSSR count). The fourth-order valence-corrected chi connectivity index (χ4v) is 4.85. The second kappa shape index (κ2) is 9.96. The Labute approximate surface area is 199 Å². The zero-order chi connectivity index (χ0) is 24.2. The third kappa shape index (κ3) is 4.88. The first kappa shape index (κ1) is 23.3. The summed E-state index contributed by atoms with van der Waals surface area (Å²) >= 11 is 0.744. The standard InChI is InChI=1S/C23H25N5O5S/c24-17-18(21(25)30)27-34-20(17)23(32)28(12-16-6-3-11-33-16)19(13-7-9-15(29)10-8-13)22(31)26-14-4-1-2-5-14/h3,6-11,14,19,29H,1-2,4-5,12,24H2,(H2,25,30)(H,26,31)/t19-/m1/s1. The highest BCUT2D eigenvalue weighted by molar-refractivity contribution is 7.09. The highest BCUT2D eigenvalue weighted by atomic mass is 32.1. The molecule has 0 spiro atoms. The normalized spacial score (nSPS) is 14.6. The van der Waals surface area contributed by atoms with Gasteiger partial charge in [0.15, 0.2) is 5.69 Å². The van der Waals surface area contributed by atoms with Gasteiger partial charge in [-0.25, -0.2) is 0 Å². The minimum Gasteiger partial charge on any atom is -0.508 e. The van der Waals surface area contributed by atoms with E-state index < -0.39 is 17.9 Å². The molecule has 3 aromatic rings. The lowest BCUT2D eigenvalue weighted by atomic mass is 10.0. The van der Waals surface area contributed by atoms with Crippen LogP contribution in [0.3, 0.4) is 0 Å². The number of carbonyl (C=O) groups is 3. The van der Waals surface area contributed by atoms with E-state index in [1.54, 1.807) is 24.3 Å². The first-order valence-corrected chi connectivity index (χ1v) is 11.6. The third-order valence-corrected chi connectivity index (χ3v) is 6.64. The number of anilines is 1. The van der Waals surface area contributed by atoms with Crippen LogP contribution in [-0.4, -0.2) is 38.1 Å². The average Bonchev–Trinajstić information content (AvgIpc) is 3.57. The van der Waals surface area contributed by atoms with Crippen LogP contribution in [0.15, 0.2) is 47.1 Å². The van der Waals surface area contributed by atoms with Crippen molar-refractivity contribution in [3.8, 4) is 5.75 Å². The summed E-state index contributed by atoms with van der Waals surface area (Å²) in [5.41, 5.74) is 11.5. The molecule has 178 valence electrons. The molecule has 10 nitrogen and oxygen atoms in total. The molecule has 11 heteroatoms. The SMILES string of the molecule is NC(=O)c1nsc(C(=O)N(Cc2ccco2)[C@@H](C(=O)NC2CCCC2)c2ccc(O)cc2)c1N. The molecule has 0 saturated heterocycles. The summed E-state index contributed by atoms with van der Waals surface area (Å²) in [4.78, 5) is 40.3. The number of phenolic OH excluding ortho intramolecular Hbond substituents is 1. The number of nitrogens with one attached hydrogen (secondary N) is 1. The summed E-state index contributed by atoms with van der Waals surface area (Å²) < 4.78 is 9.38. The van der Waals surface area contributed by atoms with E-state index in [0.717, 1.165) is 37.2 Å². The summed E-state index contributed by atoms with van der Waals surface area (Å²) in [6.07, 6.45) is 5.25. The lowest BCUT2D eigenvalue weighted by molar-refractivity contribution is -0.126. The van der Waals surface area contributed by atoms with Gasteiger partial charge in [0.1, 0.15) is 22.4 Å². The highest BCUT2D eigenvalue weighted by Crippen LogP contribution is 2.31. The van der Waals surface area contributed by atoms with E-state index >= 15 is 0 Å². The van der Waals surface area contributed by atoms with Crippen LogP contribution in [-0.2, 0) is 11.3 Å². The molecule has 0 radical (unpaired) electrons. The first-order valence-electron chi connectivity index (χ1n) is 10.8. The molecule has 2 aromatic heterocycles. The number of nitrogen functional groups attached to an aromatic ring is 1. The molecule has 1 saturated carbocycles. The molecule has 1 atom stereocenters. The summed E-state index contributed by atoms with van der Waals surface area (Å²) in [5, 5.41) is 12.8. The van der Waals surface area contributed by atoms with Gasteiger partial charge in [-0.15, -0.1) is 0 Å². The Morgan fingerprint density at radius 2 is 1.91 bits per heavy atom. The lowest BCUT2D eigenvalue weighted by Gasteiger charge is -2.31. The van der Waals surface area contributed by atoms with Crippen LogP contribution in [0, 0.1) is 0 Å². The van der Waals surface area contributed by atoms with Gasteiger partial charge >= 0.3 is 0 Å². The lowest BCUT2D eigenvalue weighted by Crippen LogP contribution is -2.45. The van der Waals surface area contributed by atoms with Crippen LogP contribution >= 0.6 is 11.5 Å². The number of primary amides is 1. The van der Waals surface area contributed by atoms with E-state index in [1.807, 2.05) is 0 Å². The van der Waals surface area contributed by atoms with Crippen LogP contribution in [0.4, 0.5) is 5.69 Å². The molecule has 1 aliphatic rings. The van der Waals surface area contributed by atoms with Crippen molar-refractivity contribution in [3.63, 3.8) is 0 Å². The van der Waals surface area contributed by atoms with Gasteiger partial charge in [0.2, 0.25) is 5.91 Å². The molecule has 3 amide bonds. The smallest absolute Gasteiger partial charge is 0.270 e. The number of carbonyl (C=O) groups excluding carboxylic acids is 3. The molecule has 1 fully saturated rings. The maximum Gasteiger partial charge on any atom is 0.270 e. The van der Waals surface area contributed by atoms with Crippen LogP contribution < -0.4 is 16.8 Å². The number of rotatable bonds is 8. The first-order chi connectivity index (χ1) is 16.3. The Balaban J connectivity index is 1.76. The molecule has 2 heterocycles. The van der Waals surface area contributed by atoms with Gasteiger partial charge in [-0.05, 0) is 54.2 Å². The minimum absolute atomic E-state index is 0.00204. The van der Waals surface area contributed by atoms with Crippen LogP contribution in [0.5, 0.6) is 5.75 Å². The van der Waals surface area contributed by atoms with Gasteiger partial charge in [-0.1, -0.05) is 25.0 Å². The van der Waals surface area contributed by atoms with Gasteiger partial charge in [0.25, 0.3) is 11.8 Å². The van der Waals surface area contributed by atoms with Gasteiger partial charge in [-0.2, -0.15) is 4.37 Å². The van der Waals surface area contributed by atoms with Gasteiger partial charge < -0.3 is 31.2 Å². The predicted molar refractivity (Wildman–Crippen MR) is 125 cm³/mol. The number of nitrogens with two attached hydrogens (primary N) is 2. The Morgan fingerprint density at radius 3 is 2.50 bits per heavy atom. The Hall–Kier alpha value is -3.86. The fourth-order valence-electron chi connectivity index (χ4n) is 4.09. The van der Waals surface area contributed by atoms with Crippen molar-refractivity contribution in [3.05, 3.63) is 64.6 Å². The van der Waals surface area contributed by atoms with Crippen molar-refractivity contribution in [1.82, 2.24) is 14.6 Å². The van der Waals surface area contributed by atoms with E-state index in [9.17, 15) is 19.5 Å². The van der Waals surface area contributed by atoms with Crippen LogP contribution in [0.1, 0.15) is 63.2 Å². The molecule has 34 heavy (non-hydrogen) atoms. The zero-order valence-electron chi connectivity index (χ0n) is 18.3. The summed E-state index contributed by atoms with van der Waals surface area (Å²) in [5.74, 6) is -1.34. The molecular formula is C23H25N5O5S. The molecule has 0 aliphatic heterocycles. The van der Waals surface area contributed by atoms with Gasteiger partial charge in [-0.3, -0.25) is 14.4 Å². The molecule has 0 unspecified atom stereocenters. The summed E-state index contributed by atoms with van der Waals surface area (Å²) in [6.45, 7) is -0.0429. The van der Waals surface area contributed by atoms with Crippen molar-refractivity contribution in [2.24, 2.45) is 5.73 Å². The van der Waals surface area contributed by atoms with E-state index in [4.69, 9.17) is 15.9 Å². The van der Waals surface area contributed by atoms with Crippen molar-refractivity contribution >= 4 is 34.9 Å². The topological polar surface area (TPSA) is 165 Å². The van der Waals surface area contributed by atoms with Crippen molar-refractivity contribution in [1.29, 1.82) is 0 Å². The number of benzene rings is 1. The average molecular weight is 484 g/mol. The zero-order valence-corrected chi connectivity index (χ0v) is 19.1. The fraction of sp³-hybridized carbons (Fsp3) is 0.304. The van der Waals surface area contributed by atoms with Crippen LogP contribution in [0.25, 0.3) is 0 Å². The van der Waals surface area contributed by atoms with E-state index in [0.29, 0.717) is 11.3 Å². The Morgan fingerprint density at radius 1 is 1.21 bits per heavy atom. The number of hydrogen-bond acceptors (Lipinski definition) is 8. The number of aromatic hydroxyl groups is 1. The minimum atomic E-state index is -1.06. The number of phenols is 1.